The lowest BCUT2D eigenvalue weighted by Gasteiger charge is -2.21. The lowest BCUT2D eigenvalue weighted by molar-refractivity contribution is -0.116. The zero-order chi connectivity index (χ0) is 29.0. The van der Waals surface area contributed by atoms with Gasteiger partial charge in [-0.05, 0) is 48.4 Å². The second-order valence-electron chi connectivity index (χ2n) is 9.64. The Morgan fingerprint density at radius 1 is 1.07 bits per heavy atom. The van der Waals surface area contributed by atoms with Crippen molar-refractivity contribution in [2.24, 2.45) is 16.6 Å². The number of aromatic hydroxyl groups is 1. The first-order valence-corrected chi connectivity index (χ1v) is 14.7. The standard InChI is InChI=1S/C31H31N5O4S/c1-22(37)35(19-18-32)27-16-14-26(15-17-27)33-31(23-8-3-2-4-9-23)25-11-7-12-28(20-25)41(39,40)34-36-29-13-6-5-10-24(29)21-30(36)38/h2-10,12-17,20-21,25,34,38H,11,18-19,32H2,1H3. The van der Waals surface area contributed by atoms with Gasteiger partial charge < -0.3 is 15.7 Å². The lowest BCUT2D eigenvalue weighted by atomic mass is 9.90. The van der Waals surface area contributed by atoms with Crippen LogP contribution in [0.5, 0.6) is 5.88 Å². The average molecular weight is 570 g/mol. The summed E-state index contributed by atoms with van der Waals surface area (Å²) in [7, 11) is -4.05. The molecule has 9 nitrogen and oxygen atoms in total. The van der Waals surface area contributed by atoms with Crippen LogP contribution in [-0.4, -0.2) is 42.9 Å². The van der Waals surface area contributed by atoms with Crippen molar-refractivity contribution in [3.63, 3.8) is 0 Å². The number of hydrogen-bond acceptors (Lipinski definition) is 6. The van der Waals surface area contributed by atoms with Crippen molar-refractivity contribution in [2.45, 2.75) is 13.3 Å². The van der Waals surface area contributed by atoms with E-state index in [1.165, 1.54) is 13.0 Å². The van der Waals surface area contributed by atoms with E-state index in [9.17, 15) is 18.3 Å². The van der Waals surface area contributed by atoms with Crippen LogP contribution in [0.25, 0.3) is 10.9 Å². The highest BCUT2D eigenvalue weighted by Crippen LogP contribution is 2.29. The van der Waals surface area contributed by atoms with Gasteiger partial charge in [-0.1, -0.05) is 60.7 Å². The third-order valence-corrected chi connectivity index (χ3v) is 8.13. The van der Waals surface area contributed by atoms with E-state index < -0.39 is 10.0 Å². The number of carbonyl (C=O) groups is 1. The highest BCUT2D eigenvalue weighted by molar-refractivity contribution is 7.96. The maximum atomic E-state index is 13.5. The maximum Gasteiger partial charge on any atom is 0.275 e. The highest BCUT2D eigenvalue weighted by Gasteiger charge is 2.25. The Balaban J connectivity index is 1.49. The molecule has 1 atom stereocenters. The summed E-state index contributed by atoms with van der Waals surface area (Å²) in [4.78, 5) is 21.2. The van der Waals surface area contributed by atoms with E-state index in [1.54, 1.807) is 35.3 Å². The number of carbonyl (C=O) groups excluding carboxylic acids is 1. The summed E-state index contributed by atoms with van der Waals surface area (Å²) in [6, 6.07) is 25.5. The summed E-state index contributed by atoms with van der Waals surface area (Å²) in [6.07, 6.45) is 5.61. The Labute approximate surface area is 239 Å². The molecule has 10 heteroatoms. The molecule has 0 bridgehead atoms. The molecule has 1 aromatic heterocycles. The summed E-state index contributed by atoms with van der Waals surface area (Å²) in [5.74, 6) is -0.648. The van der Waals surface area contributed by atoms with Gasteiger partial charge in [-0.15, -0.1) is 0 Å². The van der Waals surface area contributed by atoms with E-state index in [0.29, 0.717) is 41.8 Å². The summed E-state index contributed by atoms with van der Waals surface area (Å²) >= 11 is 0. The van der Waals surface area contributed by atoms with Crippen LogP contribution < -0.4 is 15.5 Å². The van der Waals surface area contributed by atoms with Gasteiger partial charge in [0.25, 0.3) is 10.0 Å². The predicted octanol–water partition coefficient (Wildman–Crippen LogP) is 4.81. The number of sulfonamides is 1. The van der Waals surface area contributed by atoms with E-state index in [1.807, 2.05) is 66.7 Å². The number of benzene rings is 3. The van der Waals surface area contributed by atoms with E-state index in [4.69, 9.17) is 10.7 Å². The van der Waals surface area contributed by atoms with Gasteiger partial charge in [0.2, 0.25) is 11.8 Å². The van der Waals surface area contributed by atoms with Crippen LogP contribution >= 0.6 is 0 Å². The number of aliphatic imine (C=N–C) groups is 1. The van der Waals surface area contributed by atoms with Crippen LogP contribution in [0.3, 0.4) is 0 Å². The number of rotatable bonds is 9. The van der Waals surface area contributed by atoms with Gasteiger partial charge in [-0.25, -0.2) is 9.51 Å². The van der Waals surface area contributed by atoms with Crippen molar-refractivity contribution in [3.8, 4) is 5.88 Å². The Hall–Kier alpha value is -4.67. The number of nitrogens with one attached hydrogen (secondary N) is 1. The van der Waals surface area contributed by atoms with Gasteiger partial charge in [-0.3, -0.25) is 9.79 Å². The Morgan fingerprint density at radius 3 is 2.49 bits per heavy atom. The van der Waals surface area contributed by atoms with E-state index in [0.717, 1.165) is 15.9 Å². The number of amides is 1. The number of fused-ring (bicyclic) bond motifs is 1. The SMILES string of the molecule is CC(=O)N(CCN)c1ccc(N=C(c2ccccc2)C2C=C(S(=O)(=O)Nn3c(O)cc4ccccc43)C=CC2)cc1. The molecule has 41 heavy (non-hydrogen) atoms. The van der Waals surface area contributed by atoms with Crippen LogP contribution in [0.15, 0.2) is 113 Å². The summed E-state index contributed by atoms with van der Waals surface area (Å²) in [5, 5.41) is 11.1. The van der Waals surface area contributed by atoms with Crippen molar-refractivity contribution in [3.05, 3.63) is 114 Å². The molecule has 0 spiro atoms. The molecule has 0 aliphatic heterocycles. The number of nitrogens with two attached hydrogens (primary N) is 1. The normalized spacial score (nSPS) is 15.5. The minimum Gasteiger partial charge on any atom is -0.493 e. The third kappa shape index (κ3) is 6.08. The molecule has 210 valence electrons. The minimum absolute atomic E-state index is 0.0730. The van der Waals surface area contributed by atoms with Crippen molar-refractivity contribution >= 4 is 43.9 Å². The smallest absolute Gasteiger partial charge is 0.275 e. The fraction of sp³-hybridized carbons (Fsp3) is 0.161. The van der Waals surface area contributed by atoms with Crippen molar-refractivity contribution in [2.75, 3.05) is 22.8 Å². The first kappa shape index (κ1) is 27.9. The average Bonchev–Trinajstić information content (AvgIpc) is 3.29. The summed E-state index contributed by atoms with van der Waals surface area (Å²) < 4.78 is 28.1. The lowest BCUT2D eigenvalue weighted by Crippen LogP contribution is -2.33. The van der Waals surface area contributed by atoms with Crippen molar-refractivity contribution < 1.29 is 18.3 Å². The number of anilines is 1. The molecule has 5 rings (SSSR count). The number of aromatic nitrogens is 1. The van der Waals surface area contributed by atoms with E-state index in [2.05, 4.69) is 4.83 Å². The first-order chi connectivity index (χ1) is 19.8. The Bertz CT molecular complexity index is 1760. The Kier molecular flexibility index (Phi) is 8.04. The van der Waals surface area contributed by atoms with Crippen LogP contribution in [-0.2, 0) is 14.8 Å². The van der Waals surface area contributed by atoms with Gasteiger partial charge in [-0.2, -0.15) is 8.42 Å². The molecule has 0 radical (unpaired) electrons. The van der Waals surface area contributed by atoms with Crippen molar-refractivity contribution in [1.82, 2.24) is 4.68 Å². The van der Waals surface area contributed by atoms with Crippen LogP contribution in [0.1, 0.15) is 18.9 Å². The van der Waals surface area contributed by atoms with Gasteiger partial charge in [0.15, 0.2) is 0 Å². The molecule has 1 aliphatic carbocycles. The molecule has 0 saturated carbocycles. The molecular formula is C31H31N5O4S. The molecule has 3 aromatic carbocycles. The molecule has 1 amide bonds. The molecule has 4 N–H and O–H groups in total. The summed E-state index contributed by atoms with van der Waals surface area (Å²) in [6.45, 7) is 2.26. The first-order valence-electron chi connectivity index (χ1n) is 13.2. The van der Waals surface area contributed by atoms with Gasteiger partial charge in [0, 0.05) is 43.1 Å². The van der Waals surface area contributed by atoms with E-state index >= 15 is 0 Å². The largest absolute Gasteiger partial charge is 0.493 e. The molecular weight excluding hydrogens is 538 g/mol. The van der Waals surface area contributed by atoms with Crippen LogP contribution in [0, 0.1) is 5.92 Å². The second kappa shape index (κ2) is 11.8. The summed E-state index contributed by atoms with van der Waals surface area (Å²) in [5.41, 5.74) is 9.16. The fourth-order valence-corrected chi connectivity index (χ4v) is 6.00. The monoisotopic (exact) mass is 569 g/mol. The quantitative estimate of drug-likeness (QED) is 0.249. The zero-order valence-electron chi connectivity index (χ0n) is 22.5. The highest BCUT2D eigenvalue weighted by atomic mass is 32.2. The zero-order valence-corrected chi connectivity index (χ0v) is 23.3. The topological polar surface area (TPSA) is 130 Å². The fourth-order valence-electron chi connectivity index (χ4n) is 4.85. The molecule has 0 fully saturated rings. The number of allylic oxidation sites excluding steroid dienone is 3. The molecule has 4 aromatic rings. The van der Waals surface area contributed by atoms with E-state index in [-0.39, 0.29) is 22.6 Å². The van der Waals surface area contributed by atoms with Gasteiger partial charge >= 0.3 is 0 Å². The number of hydrogen-bond donors (Lipinski definition) is 3. The number of nitrogens with zero attached hydrogens (tertiary/aromatic N) is 3. The maximum absolute atomic E-state index is 13.5. The van der Waals surface area contributed by atoms with Crippen molar-refractivity contribution in [1.29, 1.82) is 0 Å². The minimum atomic E-state index is -4.05. The second-order valence-corrected chi connectivity index (χ2v) is 11.3. The molecule has 0 saturated heterocycles. The van der Waals surface area contributed by atoms with Crippen LogP contribution in [0.4, 0.5) is 11.4 Å². The predicted molar refractivity (Wildman–Crippen MR) is 163 cm³/mol. The van der Waals surface area contributed by atoms with Crippen LogP contribution in [0.2, 0.25) is 0 Å². The molecule has 1 heterocycles. The molecule has 1 unspecified atom stereocenters. The van der Waals surface area contributed by atoms with Gasteiger partial charge in [0.1, 0.15) is 0 Å². The third-order valence-electron chi connectivity index (χ3n) is 6.82. The number of para-hydroxylation sites is 1. The Morgan fingerprint density at radius 2 is 1.78 bits per heavy atom. The molecule has 1 aliphatic rings. The van der Waals surface area contributed by atoms with Gasteiger partial charge in [0.05, 0.1) is 21.8 Å².